The molecule has 1 aromatic rings. The van der Waals surface area contributed by atoms with E-state index in [9.17, 15) is 0 Å². The van der Waals surface area contributed by atoms with Gasteiger partial charge in [-0.1, -0.05) is 0 Å². The van der Waals surface area contributed by atoms with Gasteiger partial charge < -0.3 is 19.7 Å². The molecule has 0 amide bonds. The van der Waals surface area contributed by atoms with Gasteiger partial charge in [0.1, 0.15) is 5.75 Å². The zero-order chi connectivity index (χ0) is 13.3. The number of aromatic nitrogens is 1. The van der Waals surface area contributed by atoms with Gasteiger partial charge in [-0.3, -0.25) is 4.98 Å². The first-order chi connectivity index (χ1) is 9.40. The molecule has 19 heavy (non-hydrogen) atoms. The Labute approximate surface area is 114 Å². The first-order valence-corrected chi connectivity index (χ1v) is 6.92. The van der Waals surface area contributed by atoms with E-state index in [1.54, 1.807) is 13.3 Å². The molecule has 0 aromatic carbocycles. The molecule has 0 radical (unpaired) electrons. The Balaban J connectivity index is 1.90. The largest absolute Gasteiger partial charge is 0.492 e. The SMILES string of the molecule is COCCCOc1cncc(N2CCCNCC2)c1. The molecule has 5 heteroatoms. The van der Waals surface area contributed by atoms with Crippen LogP contribution in [0.2, 0.25) is 0 Å². The normalized spacial score (nSPS) is 16.2. The number of pyridine rings is 1. The van der Waals surface area contributed by atoms with Gasteiger partial charge in [0.15, 0.2) is 0 Å². The lowest BCUT2D eigenvalue weighted by molar-refractivity contribution is 0.172. The van der Waals surface area contributed by atoms with Gasteiger partial charge in [-0.15, -0.1) is 0 Å². The summed E-state index contributed by atoms with van der Waals surface area (Å²) in [4.78, 5) is 6.63. The summed E-state index contributed by atoms with van der Waals surface area (Å²) in [6.45, 7) is 5.61. The van der Waals surface area contributed by atoms with E-state index in [0.29, 0.717) is 6.61 Å². The molecule has 0 bridgehead atoms. The number of methoxy groups -OCH3 is 1. The molecule has 0 saturated carbocycles. The van der Waals surface area contributed by atoms with Crippen molar-refractivity contribution in [1.29, 1.82) is 0 Å². The average Bonchev–Trinajstić information content (AvgIpc) is 2.73. The third-order valence-electron chi connectivity index (χ3n) is 3.17. The van der Waals surface area contributed by atoms with Crippen LogP contribution in [-0.4, -0.2) is 51.5 Å². The summed E-state index contributed by atoms with van der Waals surface area (Å²) in [5, 5.41) is 3.40. The number of hydrogen-bond donors (Lipinski definition) is 1. The highest BCUT2D eigenvalue weighted by Crippen LogP contribution is 2.20. The molecule has 1 saturated heterocycles. The van der Waals surface area contributed by atoms with Crippen molar-refractivity contribution < 1.29 is 9.47 Å². The number of hydrogen-bond acceptors (Lipinski definition) is 5. The second-order valence-electron chi connectivity index (χ2n) is 4.66. The van der Waals surface area contributed by atoms with Gasteiger partial charge in [0.2, 0.25) is 0 Å². The maximum absolute atomic E-state index is 5.69. The Hall–Kier alpha value is -1.33. The molecular formula is C14H23N3O2. The van der Waals surface area contributed by atoms with Crippen LogP contribution in [0.15, 0.2) is 18.5 Å². The molecule has 2 rings (SSSR count). The van der Waals surface area contributed by atoms with Crippen LogP contribution in [0.1, 0.15) is 12.8 Å². The minimum atomic E-state index is 0.667. The fourth-order valence-electron chi connectivity index (χ4n) is 2.16. The molecule has 1 aliphatic heterocycles. The van der Waals surface area contributed by atoms with Crippen molar-refractivity contribution in [2.45, 2.75) is 12.8 Å². The molecular weight excluding hydrogens is 242 g/mol. The van der Waals surface area contributed by atoms with Crippen LogP contribution in [0.5, 0.6) is 5.75 Å². The Bertz CT molecular complexity index is 365. The third kappa shape index (κ3) is 4.69. The maximum Gasteiger partial charge on any atom is 0.139 e. The van der Waals surface area contributed by atoms with Crippen molar-refractivity contribution in [1.82, 2.24) is 10.3 Å². The Morgan fingerprint density at radius 2 is 2.21 bits per heavy atom. The van der Waals surface area contributed by atoms with Crippen LogP contribution in [0.25, 0.3) is 0 Å². The van der Waals surface area contributed by atoms with Crippen molar-refractivity contribution in [3.05, 3.63) is 18.5 Å². The summed E-state index contributed by atoms with van der Waals surface area (Å²) in [6, 6.07) is 2.07. The molecule has 0 unspecified atom stereocenters. The predicted molar refractivity (Wildman–Crippen MR) is 75.9 cm³/mol. The molecule has 1 N–H and O–H groups in total. The minimum Gasteiger partial charge on any atom is -0.492 e. The van der Waals surface area contributed by atoms with Gasteiger partial charge in [-0.2, -0.15) is 0 Å². The van der Waals surface area contributed by atoms with Crippen molar-refractivity contribution in [3.63, 3.8) is 0 Å². The standard InChI is InChI=1S/C14H23N3O2/c1-18-8-3-9-19-14-10-13(11-16-12-14)17-6-2-4-15-5-7-17/h10-12,15H,2-9H2,1H3. The maximum atomic E-state index is 5.69. The van der Waals surface area contributed by atoms with Gasteiger partial charge >= 0.3 is 0 Å². The molecule has 106 valence electrons. The predicted octanol–water partition coefficient (Wildman–Crippen LogP) is 1.30. The summed E-state index contributed by atoms with van der Waals surface area (Å²) in [6.07, 6.45) is 5.74. The van der Waals surface area contributed by atoms with Crippen LogP contribution in [0.4, 0.5) is 5.69 Å². The second-order valence-corrected chi connectivity index (χ2v) is 4.66. The molecule has 1 fully saturated rings. The zero-order valence-corrected chi connectivity index (χ0v) is 11.6. The van der Waals surface area contributed by atoms with Crippen LogP contribution in [0, 0.1) is 0 Å². The van der Waals surface area contributed by atoms with Gasteiger partial charge in [0, 0.05) is 45.8 Å². The van der Waals surface area contributed by atoms with E-state index in [1.807, 2.05) is 6.20 Å². The lowest BCUT2D eigenvalue weighted by Crippen LogP contribution is -2.27. The minimum absolute atomic E-state index is 0.667. The molecule has 0 spiro atoms. The molecule has 1 aliphatic rings. The highest BCUT2D eigenvalue weighted by atomic mass is 16.5. The van der Waals surface area contributed by atoms with E-state index in [-0.39, 0.29) is 0 Å². The molecule has 0 atom stereocenters. The van der Waals surface area contributed by atoms with Crippen molar-refractivity contribution in [2.24, 2.45) is 0 Å². The van der Waals surface area contributed by atoms with Gasteiger partial charge in [0.25, 0.3) is 0 Å². The highest BCUT2D eigenvalue weighted by molar-refractivity contribution is 5.48. The fraction of sp³-hybridized carbons (Fsp3) is 0.643. The number of rotatable bonds is 6. The molecule has 0 aliphatic carbocycles. The highest BCUT2D eigenvalue weighted by Gasteiger charge is 2.10. The zero-order valence-electron chi connectivity index (χ0n) is 11.6. The van der Waals surface area contributed by atoms with Crippen molar-refractivity contribution in [3.8, 4) is 5.75 Å². The van der Waals surface area contributed by atoms with Crippen molar-refractivity contribution >= 4 is 5.69 Å². The average molecular weight is 265 g/mol. The topological polar surface area (TPSA) is 46.6 Å². The van der Waals surface area contributed by atoms with Gasteiger partial charge in [-0.05, 0) is 13.0 Å². The monoisotopic (exact) mass is 265 g/mol. The van der Waals surface area contributed by atoms with Crippen LogP contribution >= 0.6 is 0 Å². The fourth-order valence-corrected chi connectivity index (χ4v) is 2.16. The van der Waals surface area contributed by atoms with Crippen LogP contribution in [0.3, 0.4) is 0 Å². The first-order valence-electron chi connectivity index (χ1n) is 6.92. The lowest BCUT2D eigenvalue weighted by atomic mass is 10.3. The molecule has 2 heterocycles. The van der Waals surface area contributed by atoms with E-state index in [4.69, 9.17) is 9.47 Å². The summed E-state index contributed by atoms with van der Waals surface area (Å²) >= 11 is 0. The van der Waals surface area contributed by atoms with E-state index >= 15 is 0 Å². The number of ether oxygens (including phenoxy) is 2. The van der Waals surface area contributed by atoms with E-state index in [2.05, 4.69) is 21.3 Å². The third-order valence-corrected chi connectivity index (χ3v) is 3.17. The van der Waals surface area contributed by atoms with E-state index in [0.717, 1.165) is 50.6 Å². The summed E-state index contributed by atoms with van der Waals surface area (Å²) < 4.78 is 10.7. The summed E-state index contributed by atoms with van der Waals surface area (Å²) in [5.74, 6) is 0.839. The molecule has 5 nitrogen and oxygen atoms in total. The quantitative estimate of drug-likeness (QED) is 0.786. The smallest absolute Gasteiger partial charge is 0.139 e. The van der Waals surface area contributed by atoms with Gasteiger partial charge in [-0.25, -0.2) is 0 Å². The number of nitrogens with one attached hydrogen (secondary N) is 1. The summed E-state index contributed by atoms with van der Waals surface area (Å²) in [7, 11) is 1.70. The Morgan fingerprint density at radius 3 is 3.11 bits per heavy atom. The Kier molecular flexibility index (Phi) is 5.91. The summed E-state index contributed by atoms with van der Waals surface area (Å²) in [5.41, 5.74) is 1.15. The van der Waals surface area contributed by atoms with Crippen LogP contribution in [-0.2, 0) is 4.74 Å². The lowest BCUT2D eigenvalue weighted by Gasteiger charge is -2.22. The van der Waals surface area contributed by atoms with E-state index in [1.165, 1.54) is 6.42 Å². The number of anilines is 1. The molecule has 1 aromatic heterocycles. The number of nitrogens with zero attached hydrogens (tertiary/aromatic N) is 2. The first kappa shape index (κ1) is 14.1. The van der Waals surface area contributed by atoms with Gasteiger partial charge in [0.05, 0.1) is 24.7 Å². The Morgan fingerprint density at radius 1 is 1.26 bits per heavy atom. The van der Waals surface area contributed by atoms with Crippen LogP contribution < -0.4 is 15.0 Å². The second kappa shape index (κ2) is 7.96. The van der Waals surface area contributed by atoms with E-state index < -0.39 is 0 Å². The van der Waals surface area contributed by atoms with Crippen molar-refractivity contribution in [2.75, 3.05) is 51.4 Å².